The maximum Gasteiger partial charge on any atom is 0.340 e. The van der Waals surface area contributed by atoms with Gasteiger partial charge in [-0.15, -0.1) is 0 Å². The van der Waals surface area contributed by atoms with E-state index in [0.717, 1.165) is 12.8 Å². The first kappa shape index (κ1) is 24.3. The predicted molar refractivity (Wildman–Crippen MR) is 119 cm³/mol. The number of methoxy groups -OCH3 is 3. The van der Waals surface area contributed by atoms with Crippen LogP contribution in [0.5, 0.6) is 17.2 Å². The molecule has 0 unspecified atom stereocenters. The molecule has 0 spiro atoms. The molecule has 1 amide bonds. The SMILES string of the molecule is COC(=O)c1cc(OC)c(OC)cc1NC(=O)COc1ccc(S(=O)(=O)N2CCCC2)cc1. The Hall–Kier alpha value is -3.31. The maximum absolute atomic E-state index is 12.6. The summed E-state index contributed by atoms with van der Waals surface area (Å²) in [5.41, 5.74) is 0.250. The van der Waals surface area contributed by atoms with E-state index in [2.05, 4.69) is 5.32 Å². The van der Waals surface area contributed by atoms with Crippen molar-refractivity contribution in [2.45, 2.75) is 17.7 Å². The van der Waals surface area contributed by atoms with Gasteiger partial charge in [-0.2, -0.15) is 4.31 Å². The monoisotopic (exact) mass is 478 g/mol. The summed E-state index contributed by atoms with van der Waals surface area (Å²) in [5.74, 6) is -0.263. The van der Waals surface area contributed by atoms with Crippen LogP contribution in [0.25, 0.3) is 0 Å². The summed E-state index contributed by atoms with van der Waals surface area (Å²) in [6.07, 6.45) is 1.71. The van der Waals surface area contributed by atoms with Gasteiger partial charge in [0.15, 0.2) is 18.1 Å². The molecule has 178 valence electrons. The van der Waals surface area contributed by atoms with E-state index < -0.39 is 21.9 Å². The molecule has 1 heterocycles. The number of carbonyl (C=O) groups is 2. The van der Waals surface area contributed by atoms with Crippen LogP contribution in [0.3, 0.4) is 0 Å². The minimum Gasteiger partial charge on any atom is -0.493 e. The Labute approximate surface area is 192 Å². The second-order valence-electron chi connectivity index (χ2n) is 7.16. The maximum atomic E-state index is 12.6. The number of esters is 1. The van der Waals surface area contributed by atoms with E-state index in [1.54, 1.807) is 0 Å². The molecule has 1 aliphatic heterocycles. The van der Waals surface area contributed by atoms with E-state index >= 15 is 0 Å². The predicted octanol–water partition coefficient (Wildman–Crippen LogP) is 2.29. The summed E-state index contributed by atoms with van der Waals surface area (Å²) < 4.78 is 47.3. The molecule has 0 atom stereocenters. The third-order valence-corrected chi connectivity index (χ3v) is 7.01. The highest BCUT2D eigenvalue weighted by Crippen LogP contribution is 2.33. The lowest BCUT2D eigenvalue weighted by Crippen LogP contribution is -2.27. The van der Waals surface area contributed by atoms with Gasteiger partial charge in [0.25, 0.3) is 5.91 Å². The minimum atomic E-state index is -3.52. The van der Waals surface area contributed by atoms with Crippen molar-refractivity contribution in [1.82, 2.24) is 4.31 Å². The number of nitrogens with zero attached hydrogens (tertiary/aromatic N) is 1. The number of amides is 1. The van der Waals surface area contributed by atoms with Gasteiger partial charge in [-0.3, -0.25) is 4.79 Å². The largest absolute Gasteiger partial charge is 0.493 e. The summed E-state index contributed by atoms with van der Waals surface area (Å²) in [6.45, 7) is 0.669. The average molecular weight is 479 g/mol. The number of hydrogen-bond donors (Lipinski definition) is 1. The summed E-state index contributed by atoms with van der Waals surface area (Å²) in [7, 11) is 0.553. The fraction of sp³-hybridized carbons (Fsp3) is 0.364. The standard InChI is InChI=1S/C22H26N2O8S/c1-29-19-12-17(22(26)31-3)18(13-20(19)30-2)23-21(25)14-32-15-6-8-16(9-7-15)33(27,28)24-10-4-5-11-24/h6-9,12-13H,4-5,10-11,14H2,1-3H3,(H,23,25). The summed E-state index contributed by atoms with van der Waals surface area (Å²) in [4.78, 5) is 24.7. The van der Waals surface area contributed by atoms with Crippen molar-refractivity contribution in [2.24, 2.45) is 0 Å². The molecular formula is C22H26N2O8S. The van der Waals surface area contributed by atoms with E-state index in [1.807, 2.05) is 0 Å². The highest BCUT2D eigenvalue weighted by atomic mass is 32.2. The molecule has 1 N–H and O–H groups in total. The van der Waals surface area contributed by atoms with Gasteiger partial charge < -0.3 is 24.3 Å². The lowest BCUT2D eigenvalue weighted by atomic mass is 10.1. The number of rotatable bonds is 9. The first-order chi connectivity index (χ1) is 15.8. The van der Waals surface area contributed by atoms with E-state index in [4.69, 9.17) is 18.9 Å². The molecule has 0 radical (unpaired) electrons. The van der Waals surface area contributed by atoms with Crippen molar-refractivity contribution in [3.8, 4) is 17.2 Å². The Bertz CT molecular complexity index is 1110. The average Bonchev–Trinajstić information content (AvgIpc) is 3.38. The lowest BCUT2D eigenvalue weighted by Gasteiger charge is -2.16. The Morgan fingerprint density at radius 1 is 0.970 bits per heavy atom. The normalized spacial score (nSPS) is 13.9. The second-order valence-corrected chi connectivity index (χ2v) is 9.10. The van der Waals surface area contributed by atoms with Crippen molar-refractivity contribution >= 4 is 27.6 Å². The fourth-order valence-electron chi connectivity index (χ4n) is 3.38. The van der Waals surface area contributed by atoms with Crippen LogP contribution in [0.1, 0.15) is 23.2 Å². The smallest absolute Gasteiger partial charge is 0.340 e. The molecule has 2 aromatic carbocycles. The Morgan fingerprint density at radius 2 is 1.58 bits per heavy atom. The Kier molecular flexibility index (Phi) is 7.77. The zero-order chi connectivity index (χ0) is 24.0. The molecule has 1 fully saturated rings. The van der Waals surface area contributed by atoms with Gasteiger partial charge in [-0.25, -0.2) is 13.2 Å². The van der Waals surface area contributed by atoms with E-state index in [9.17, 15) is 18.0 Å². The van der Waals surface area contributed by atoms with Gasteiger partial charge in [0.2, 0.25) is 10.0 Å². The topological polar surface area (TPSA) is 120 Å². The lowest BCUT2D eigenvalue weighted by molar-refractivity contribution is -0.118. The van der Waals surface area contributed by atoms with Crippen molar-refractivity contribution in [2.75, 3.05) is 46.3 Å². The number of carbonyl (C=O) groups excluding carboxylic acids is 2. The minimum absolute atomic E-state index is 0.0833. The van der Waals surface area contributed by atoms with Gasteiger partial charge in [0.1, 0.15) is 5.75 Å². The van der Waals surface area contributed by atoms with E-state index in [0.29, 0.717) is 30.3 Å². The molecule has 1 saturated heterocycles. The van der Waals surface area contributed by atoms with Crippen LogP contribution >= 0.6 is 0 Å². The van der Waals surface area contributed by atoms with E-state index in [-0.39, 0.29) is 22.8 Å². The van der Waals surface area contributed by atoms with Gasteiger partial charge in [0.05, 0.1) is 37.5 Å². The van der Waals surface area contributed by atoms with Crippen molar-refractivity contribution < 1.29 is 37.0 Å². The van der Waals surface area contributed by atoms with Crippen molar-refractivity contribution in [3.05, 3.63) is 42.0 Å². The molecule has 0 aliphatic carbocycles. The highest BCUT2D eigenvalue weighted by Gasteiger charge is 2.27. The molecule has 0 aromatic heterocycles. The van der Waals surface area contributed by atoms with Crippen LogP contribution in [0.2, 0.25) is 0 Å². The molecule has 0 bridgehead atoms. The molecule has 10 nitrogen and oxygen atoms in total. The second kappa shape index (κ2) is 10.5. The number of nitrogens with one attached hydrogen (secondary N) is 1. The molecule has 11 heteroatoms. The molecule has 33 heavy (non-hydrogen) atoms. The van der Waals surface area contributed by atoms with E-state index in [1.165, 1.54) is 62.0 Å². The van der Waals surface area contributed by atoms with Gasteiger partial charge >= 0.3 is 5.97 Å². The van der Waals surface area contributed by atoms with Crippen LogP contribution in [-0.4, -0.2) is 65.6 Å². The van der Waals surface area contributed by atoms with Crippen LogP contribution in [0, 0.1) is 0 Å². The van der Waals surface area contributed by atoms with Crippen LogP contribution < -0.4 is 19.5 Å². The third-order valence-electron chi connectivity index (χ3n) is 5.10. The third kappa shape index (κ3) is 5.55. The first-order valence-electron chi connectivity index (χ1n) is 10.2. The summed E-state index contributed by atoms with van der Waals surface area (Å²) >= 11 is 0. The van der Waals surface area contributed by atoms with Crippen LogP contribution in [-0.2, 0) is 19.6 Å². The van der Waals surface area contributed by atoms with Crippen molar-refractivity contribution in [1.29, 1.82) is 0 Å². The van der Waals surface area contributed by atoms with Gasteiger partial charge in [-0.1, -0.05) is 0 Å². The van der Waals surface area contributed by atoms with Gasteiger partial charge in [-0.05, 0) is 37.1 Å². The molecular weight excluding hydrogens is 452 g/mol. The quantitative estimate of drug-likeness (QED) is 0.545. The zero-order valence-corrected chi connectivity index (χ0v) is 19.4. The van der Waals surface area contributed by atoms with Crippen molar-refractivity contribution in [3.63, 3.8) is 0 Å². The van der Waals surface area contributed by atoms with Crippen LogP contribution in [0.4, 0.5) is 5.69 Å². The number of benzene rings is 2. The number of hydrogen-bond acceptors (Lipinski definition) is 8. The molecule has 0 saturated carbocycles. The molecule has 2 aromatic rings. The fourth-order valence-corrected chi connectivity index (χ4v) is 4.90. The summed E-state index contributed by atoms with van der Waals surface area (Å²) in [5, 5.41) is 2.59. The molecule has 1 aliphatic rings. The summed E-state index contributed by atoms with van der Waals surface area (Å²) in [6, 6.07) is 8.73. The van der Waals surface area contributed by atoms with Gasteiger partial charge in [0, 0.05) is 25.2 Å². The Balaban J connectivity index is 1.67. The zero-order valence-electron chi connectivity index (χ0n) is 18.6. The number of ether oxygens (including phenoxy) is 4. The highest BCUT2D eigenvalue weighted by molar-refractivity contribution is 7.89. The Morgan fingerprint density at radius 3 is 2.15 bits per heavy atom. The molecule has 3 rings (SSSR count). The first-order valence-corrected chi connectivity index (χ1v) is 11.6. The number of sulfonamides is 1. The van der Waals surface area contributed by atoms with Crippen LogP contribution in [0.15, 0.2) is 41.3 Å². The number of anilines is 1.